The van der Waals surface area contributed by atoms with Crippen LogP contribution in [-0.2, 0) is 0 Å². The molecule has 5 rings (SSSR count). The van der Waals surface area contributed by atoms with E-state index in [0.29, 0.717) is 30.2 Å². The number of piperidine rings is 1. The Bertz CT molecular complexity index is 1270. The zero-order valence-electron chi connectivity index (χ0n) is 18.1. The summed E-state index contributed by atoms with van der Waals surface area (Å²) in [6.07, 6.45) is 6.16. The van der Waals surface area contributed by atoms with Crippen LogP contribution >= 0.6 is 0 Å². The summed E-state index contributed by atoms with van der Waals surface area (Å²) in [4.78, 5) is 15.1. The second-order valence-corrected chi connectivity index (χ2v) is 8.21. The van der Waals surface area contributed by atoms with Crippen molar-refractivity contribution in [1.29, 1.82) is 0 Å². The van der Waals surface area contributed by atoms with Crippen molar-refractivity contribution in [2.75, 3.05) is 23.3 Å². The lowest BCUT2D eigenvalue weighted by atomic mass is 10.1. The van der Waals surface area contributed by atoms with Gasteiger partial charge in [-0.25, -0.2) is 18.9 Å². The van der Waals surface area contributed by atoms with Gasteiger partial charge in [-0.05, 0) is 44.0 Å². The van der Waals surface area contributed by atoms with E-state index in [4.69, 9.17) is 5.73 Å². The molecule has 170 valence electrons. The van der Waals surface area contributed by atoms with Gasteiger partial charge >= 0.3 is 0 Å². The van der Waals surface area contributed by atoms with Crippen molar-refractivity contribution in [2.45, 2.75) is 31.8 Å². The number of hydrogen-bond donors (Lipinski definition) is 2. The average molecular weight is 450 g/mol. The van der Waals surface area contributed by atoms with E-state index in [2.05, 4.69) is 25.4 Å². The molecule has 33 heavy (non-hydrogen) atoms. The van der Waals surface area contributed by atoms with E-state index in [1.807, 2.05) is 36.2 Å². The second-order valence-electron chi connectivity index (χ2n) is 8.21. The largest absolute Gasteiger partial charge is 0.359 e. The van der Waals surface area contributed by atoms with E-state index in [0.717, 1.165) is 24.6 Å². The van der Waals surface area contributed by atoms with Gasteiger partial charge in [0.05, 0.1) is 35.2 Å². The number of nitrogens with two attached hydrogens (primary N) is 1. The maximum Gasteiger partial charge on any atom is 0.207 e. The number of aromatic nitrogens is 5. The van der Waals surface area contributed by atoms with Crippen LogP contribution in [0.5, 0.6) is 0 Å². The van der Waals surface area contributed by atoms with E-state index in [1.54, 1.807) is 16.8 Å². The molecule has 4 aromatic rings. The Kier molecular flexibility index (Phi) is 5.59. The summed E-state index contributed by atoms with van der Waals surface area (Å²) in [5, 5.41) is 7.46. The molecule has 1 saturated heterocycles. The van der Waals surface area contributed by atoms with Gasteiger partial charge in [0, 0.05) is 25.3 Å². The molecule has 10 heteroatoms. The van der Waals surface area contributed by atoms with Gasteiger partial charge in [0.2, 0.25) is 5.82 Å². The standard InChI is InChI=1S/C23H24F2N8/c1-14(18-6-5-15(24)12-27-18)29-22-20(25)23(32-10-7-16(26)8-11-32)31-21(30-22)17-13-28-33-9-3-2-4-19(17)33/h2-6,9,12-14,16H,7-8,10-11,26H2,1H3,(H,29,30,31). The highest BCUT2D eigenvalue weighted by Crippen LogP contribution is 2.31. The fourth-order valence-electron chi connectivity index (χ4n) is 4.00. The Hall–Kier alpha value is -3.66. The predicted molar refractivity (Wildman–Crippen MR) is 122 cm³/mol. The van der Waals surface area contributed by atoms with Crippen molar-refractivity contribution < 1.29 is 8.78 Å². The van der Waals surface area contributed by atoms with Crippen molar-refractivity contribution >= 4 is 17.2 Å². The summed E-state index contributed by atoms with van der Waals surface area (Å²) in [6.45, 7) is 3.03. The summed E-state index contributed by atoms with van der Waals surface area (Å²) in [6, 6.07) is 8.27. The lowest BCUT2D eigenvalue weighted by molar-refractivity contribution is 0.489. The van der Waals surface area contributed by atoms with E-state index in [1.165, 1.54) is 6.07 Å². The first-order valence-corrected chi connectivity index (χ1v) is 10.9. The molecule has 1 fully saturated rings. The maximum atomic E-state index is 15.7. The predicted octanol–water partition coefficient (Wildman–Crippen LogP) is 3.57. The third kappa shape index (κ3) is 4.21. The molecule has 0 spiro atoms. The van der Waals surface area contributed by atoms with Crippen LogP contribution < -0.4 is 16.0 Å². The Balaban J connectivity index is 1.57. The molecule has 0 aliphatic carbocycles. The van der Waals surface area contributed by atoms with Crippen LogP contribution in [0.15, 0.2) is 48.9 Å². The molecular formula is C23H24F2N8. The topological polar surface area (TPSA) is 97.3 Å². The lowest BCUT2D eigenvalue weighted by Crippen LogP contribution is -2.40. The summed E-state index contributed by atoms with van der Waals surface area (Å²) in [7, 11) is 0. The lowest BCUT2D eigenvalue weighted by Gasteiger charge is -2.31. The first-order chi connectivity index (χ1) is 16.0. The molecule has 8 nitrogen and oxygen atoms in total. The zero-order valence-corrected chi connectivity index (χ0v) is 18.1. The number of anilines is 2. The Morgan fingerprint density at radius 1 is 1.09 bits per heavy atom. The minimum absolute atomic E-state index is 0.0544. The highest BCUT2D eigenvalue weighted by molar-refractivity contribution is 5.77. The molecule has 3 N–H and O–H groups in total. The minimum atomic E-state index is -0.542. The van der Waals surface area contributed by atoms with E-state index in [9.17, 15) is 4.39 Å². The number of hydrogen-bond acceptors (Lipinski definition) is 7. The quantitative estimate of drug-likeness (QED) is 0.480. The Morgan fingerprint density at radius 3 is 2.67 bits per heavy atom. The molecule has 1 aliphatic heterocycles. The summed E-state index contributed by atoms with van der Waals surface area (Å²) >= 11 is 0. The van der Waals surface area contributed by atoms with Gasteiger partial charge in [0.25, 0.3) is 0 Å². The molecule has 0 radical (unpaired) electrons. The summed E-state index contributed by atoms with van der Waals surface area (Å²) in [5.41, 5.74) is 8.12. The number of nitrogens with zero attached hydrogens (tertiary/aromatic N) is 6. The van der Waals surface area contributed by atoms with Crippen LogP contribution in [0.2, 0.25) is 0 Å². The van der Waals surface area contributed by atoms with Crippen molar-refractivity contribution in [3.63, 3.8) is 0 Å². The van der Waals surface area contributed by atoms with Crippen molar-refractivity contribution in [3.8, 4) is 11.4 Å². The fourth-order valence-corrected chi connectivity index (χ4v) is 4.00. The van der Waals surface area contributed by atoms with Gasteiger partial charge in [-0.3, -0.25) is 4.98 Å². The molecule has 1 atom stereocenters. The highest BCUT2D eigenvalue weighted by Gasteiger charge is 2.26. The Morgan fingerprint density at radius 2 is 1.91 bits per heavy atom. The number of halogens is 2. The molecule has 0 amide bonds. The minimum Gasteiger partial charge on any atom is -0.359 e. The molecule has 4 aromatic heterocycles. The van der Waals surface area contributed by atoms with Crippen molar-refractivity contribution in [3.05, 3.63) is 66.3 Å². The van der Waals surface area contributed by atoms with Crippen LogP contribution in [0.3, 0.4) is 0 Å². The normalized spacial score (nSPS) is 15.7. The molecule has 0 bridgehead atoms. The second kappa shape index (κ2) is 8.70. The molecule has 0 saturated carbocycles. The van der Waals surface area contributed by atoms with Crippen molar-refractivity contribution in [2.24, 2.45) is 5.73 Å². The number of fused-ring (bicyclic) bond motifs is 1. The first-order valence-electron chi connectivity index (χ1n) is 10.9. The number of nitrogens with one attached hydrogen (secondary N) is 1. The fraction of sp³-hybridized carbons (Fsp3) is 0.304. The van der Waals surface area contributed by atoms with Gasteiger partial charge in [0.15, 0.2) is 17.5 Å². The highest BCUT2D eigenvalue weighted by atomic mass is 19.1. The van der Waals surface area contributed by atoms with Gasteiger partial charge in [-0.2, -0.15) is 9.49 Å². The van der Waals surface area contributed by atoms with Crippen LogP contribution in [0.1, 0.15) is 31.5 Å². The SMILES string of the molecule is CC(Nc1nc(-c2cnn3ccccc23)nc(N2CCC(N)CC2)c1F)c1ccc(F)cn1. The van der Waals surface area contributed by atoms with Crippen LogP contribution in [-0.4, -0.2) is 43.7 Å². The Labute approximate surface area is 189 Å². The van der Waals surface area contributed by atoms with Crippen molar-refractivity contribution in [1.82, 2.24) is 24.6 Å². The molecule has 0 aromatic carbocycles. The van der Waals surface area contributed by atoms with E-state index < -0.39 is 17.7 Å². The van der Waals surface area contributed by atoms with Gasteiger partial charge < -0.3 is 16.0 Å². The number of rotatable bonds is 5. The van der Waals surface area contributed by atoms with Gasteiger partial charge in [-0.15, -0.1) is 0 Å². The molecule has 1 unspecified atom stereocenters. The third-order valence-corrected chi connectivity index (χ3v) is 5.89. The van der Waals surface area contributed by atoms with Crippen LogP contribution in [0.25, 0.3) is 16.9 Å². The maximum absolute atomic E-state index is 15.7. The monoisotopic (exact) mass is 450 g/mol. The van der Waals surface area contributed by atoms with Gasteiger partial charge in [0.1, 0.15) is 5.82 Å². The molecular weight excluding hydrogens is 426 g/mol. The molecule has 5 heterocycles. The van der Waals surface area contributed by atoms with Gasteiger partial charge in [-0.1, -0.05) is 6.07 Å². The van der Waals surface area contributed by atoms with Crippen LogP contribution in [0, 0.1) is 11.6 Å². The zero-order chi connectivity index (χ0) is 22.9. The van der Waals surface area contributed by atoms with Crippen LogP contribution in [0.4, 0.5) is 20.4 Å². The first kappa shape index (κ1) is 21.2. The third-order valence-electron chi connectivity index (χ3n) is 5.89. The summed E-state index contributed by atoms with van der Waals surface area (Å²) < 4.78 is 30.7. The average Bonchev–Trinajstić information content (AvgIpc) is 3.26. The molecule has 1 aliphatic rings. The smallest absolute Gasteiger partial charge is 0.207 e. The van der Waals surface area contributed by atoms with E-state index >= 15 is 4.39 Å². The van der Waals surface area contributed by atoms with E-state index in [-0.39, 0.29) is 17.7 Å². The summed E-state index contributed by atoms with van der Waals surface area (Å²) in [5.74, 6) is -0.327. The number of pyridine rings is 2.